The van der Waals surface area contributed by atoms with Crippen LogP contribution in [0.5, 0.6) is 0 Å². The smallest absolute Gasteiger partial charge is 0.316 e. The van der Waals surface area contributed by atoms with Crippen LogP contribution in [0.1, 0.15) is 40.5 Å². The lowest BCUT2D eigenvalue weighted by molar-refractivity contribution is -0.140. The third-order valence-electron chi connectivity index (χ3n) is 4.81. The van der Waals surface area contributed by atoms with E-state index in [2.05, 4.69) is 11.8 Å². The highest BCUT2D eigenvalue weighted by molar-refractivity contribution is 8.23. The summed E-state index contributed by atoms with van der Waals surface area (Å²) in [5.74, 6) is -0.235. The fourth-order valence-electron chi connectivity index (χ4n) is 3.14. The van der Waals surface area contributed by atoms with Gasteiger partial charge in [0.25, 0.3) is 11.8 Å². The van der Waals surface area contributed by atoms with Crippen molar-refractivity contribution >= 4 is 46.1 Å². The van der Waals surface area contributed by atoms with Crippen LogP contribution < -0.4 is 0 Å². The maximum Gasteiger partial charge on any atom is 0.316 e. The lowest BCUT2D eigenvalue weighted by Gasteiger charge is -2.31. The molecule has 3 rings (SSSR count). The molecule has 0 aliphatic carbocycles. The number of benzene rings is 1. The average molecular weight is 407 g/mol. The van der Waals surface area contributed by atoms with Crippen molar-refractivity contribution in [2.75, 3.05) is 32.0 Å². The van der Waals surface area contributed by atoms with Gasteiger partial charge in [-0.3, -0.25) is 19.3 Å². The molecule has 0 saturated carbocycles. The number of thiocarbonyl (C=S) groups is 1. The summed E-state index contributed by atoms with van der Waals surface area (Å²) in [4.78, 5) is 39.6. The van der Waals surface area contributed by atoms with Crippen LogP contribution in [0.4, 0.5) is 0 Å². The van der Waals surface area contributed by atoms with E-state index >= 15 is 0 Å². The maximum absolute atomic E-state index is 12.2. The third-order valence-corrected chi connectivity index (χ3v) is 6.31. The van der Waals surface area contributed by atoms with Gasteiger partial charge < -0.3 is 9.64 Å². The molecule has 0 bridgehead atoms. The largest absolute Gasteiger partial charge is 0.463 e. The highest BCUT2D eigenvalue weighted by atomic mass is 32.2. The molecule has 1 aromatic carbocycles. The monoisotopic (exact) mass is 406 g/mol. The molecule has 0 spiro atoms. The van der Waals surface area contributed by atoms with Crippen molar-refractivity contribution in [3.05, 3.63) is 35.4 Å². The van der Waals surface area contributed by atoms with Gasteiger partial charge in [0, 0.05) is 13.1 Å². The Morgan fingerprint density at radius 3 is 2.37 bits per heavy atom. The topological polar surface area (TPSA) is 66.9 Å². The van der Waals surface area contributed by atoms with E-state index in [-0.39, 0.29) is 30.7 Å². The Kier molecular flexibility index (Phi) is 6.49. The van der Waals surface area contributed by atoms with Crippen molar-refractivity contribution in [1.29, 1.82) is 0 Å². The number of rotatable bonds is 5. The van der Waals surface area contributed by atoms with Gasteiger partial charge in [0.2, 0.25) is 0 Å². The van der Waals surface area contributed by atoms with Crippen molar-refractivity contribution in [1.82, 2.24) is 9.80 Å². The molecule has 0 N–H and O–H groups in total. The number of thioether (sulfide) groups is 1. The second-order valence-corrected chi connectivity index (χ2v) is 8.36. The third kappa shape index (κ3) is 4.68. The van der Waals surface area contributed by atoms with Gasteiger partial charge in [-0.1, -0.05) is 43.0 Å². The van der Waals surface area contributed by atoms with Crippen molar-refractivity contribution in [2.45, 2.75) is 19.8 Å². The molecular weight excluding hydrogens is 384 g/mol. The Morgan fingerprint density at radius 1 is 1.19 bits per heavy atom. The first kappa shape index (κ1) is 19.8. The summed E-state index contributed by atoms with van der Waals surface area (Å²) in [7, 11) is 0. The highest BCUT2D eigenvalue weighted by Crippen LogP contribution is 2.22. The summed E-state index contributed by atoms with van der Waals surface area (Å²) in [5.41, 5.74) is 0.788. The maximum atomic E-state index is 12.2. The van der Waals surface area contributed by atoms with E-state index in [0.29, 0.717) is 11.1 Å². The number of hydrogen-bond donors (Lipinski definition) is 0. The first-order chi connectivity index (χ1) is 13.0. The van der Waals surface area contributed by atoms with Crippen LogP contribution >= 0.6 is 24.0 Å². The number of piperidine rings is 1. The molecule has 0 radical (unpaired) electrons. The minimum atomic E-state index is -0.399. The molecule has 1 saturated heterocycles. The molecule has 1 aromatic rings. The number of hydrogen-bond acceptors (Lipinski definition) is 6. The van der Waals surface area contributed by atoms with Crippen LogP contribution in [0, 0.1) is 5.92 Å². The molecule has 2 aliphatic heterocycles. The lowest BCUT2D eigenvalue weighted by Crippen LogP contribution is -2.36. The SMILES string of the molecule is CC1CCN(C(=S)SCC(=O)OCCN2C(=O)c3ccccc3C2=O)CC1. The number of fused-ring (bicyclic) bond motifs is 1. The van der Waals surface area contributed by atoms with Gasteiger partial charge in [-0.05, 0) is 30.9 Å². The van der Waals surface area contributed by atoms with Crippen LogP contribution in [0.3, 0.4) is 0 Å². The van der Waals surface area contributed by atoms with E-state index in [9.17, 15) is 14.4 Å². The van der Waals surface area contributed by atoms with Gasteiger partial charge in [0.1, 0.15) is 10.9 Å². The Balaban J connectivity index is 1.38. The summed E-state index contributed by atoms with van der Waals surface area (Å²) >= 11 is 6.69. The molecule has 6 nitrogen and oxygen atoms in total. The summed E-state index contributed by atoms with van der Waals surface area (Å²) in [6, 6.07) is 6.69. The number of nitrogens with zero attached hydrogens (tertiary/aromatic N) is 2. The highest BCUT2D eigenvalue weighted by Gasteiger charge is 2.34. The minimum absolute atomic E-state index is 0.0150. The van der Waals surface area contributed by atoms with Crippen molar-refractivity contribution < 1.29 is 19.1 Å². The van der Waals surface area contributed by atoms with Gasteiger partial charge in [-0.25, -0.2) is 0 Å². The molecule has 8 heteroatoms. The summed E-state index contributed by atoms with van der Waals surface area (Å²) in [5, 5.41) is 0. The van der Waals surface area contributed by atoms with E-state index in [1.54, 1.807) is 24.3 Å². The molecule has 1 fully saturated rings. The molecular formula is C19H22N2O4S2. The lowest BCUT2D eigenvalue weighted by atomic mass is 10.00. The molecule has 2 aliphatic rings. The first-order valence-electron chi connectivity index (χ1n) is 9.00. The van der Waals surface area contributed by atoms with Crippen LogP contribution in [-0.4, -0.2) is 63.9 Å². The molecule has 2 heterocycles. The van der Waals surface area contributed by atoms with Gasteiger partial charge in [0.05, 0.1) is 23.4 Å². The number of ether oxygens (including phenoxy) is 1. The molecule has 0 atom stereocenters. The predicted octanol–water partition coefficient (Wildman–Crippen LogP) is 2.58. The van der Waals surface area contributed by atoms with Gasteiger partial charge in [-0.15, -0.1) is 0 Å². The predicted molar refractivity (Wildman–Crippen MR) is 108 cm³/mol. The molecule has 0 unspecified atom stereocenters. The molecule has 2 amide bonds. The Bertz CT molecular complexity index is 725. The fourth-order valence-corrected chi connectivity index (χ4v) is 4.19. The molecule has 144 valence electrons. The number of carbonyl (C=O) groups is 3. The van der Waals surface area contributed by atoms with E-state index in [0.717, 1.165) is 41.1 Å². The standard InChI is InChI=1S/C19H22N2O4S2/c1-13-6-8-20(9-7-13)19(26)27-12-16(22)25-11-10-21-17(23)14-4-2-3-5-15(14)18(21)24/h2-5,13H,6-12H2,1H3. The zero-order chi connectivity index (χ0) is 19.4. The van der Waals surface area contributed by atoms with Crippen molar-refractivity contribution in [3.8, 4) is 0 Å². The summed E-state index contributed by atoms with van der Waals surface area (Å²) in [6.45, 7) is 4.14. The van der Waals surface area contributed by atoms with Crippen molar-refractivity contribution in [3.63, 3.8) is 0 Å². The van der Waals surface area contributed by atoms with Crippen LogP contribution in [0.2, 0.25) is 0 Å². The van der Waals surface area contributed by atoms with Crippen molar-refractivity contribution in [2.24, 2.45) is 5.92 Å². The zero-order valence-corrected chi connectivity index (χ0v) is 16.8. The zero-order valence-electron chi connectivity index (χ0n) is 15.2. The van der Waals surface area contributed by atoms with Gasteiger partial charge >= 0.3 is 5.97 Å². The van der Waals surface area contributed by atoms with Crippen LogP contribution in [0.25, 0.3) is 0 Å². The number of carbonyl (C=O) groups excluding carboxylic acids is 3. The number of imide groups is 1. The number of likely N-dealkylation sites (tertiary alicyclic amines) is 1. The summed E-state index contributed by atoms with van der Waals surface area (Å²) in [6.07, 6.45) is 2.23. The molecule has 0 aromatic heterocycles. The van der Waals surface area contributed by atoms with Crippen LogP contribution in [0.15, 0.2) is 24.3 Å². The quantitative estimate of drug-likeness (QED) is 0.423. The van der Waals surface area contributed by atoms with E-state index in [4.69, 9.17) is 17.0 Å². The van der Waals surface area contributed by atoms with E-state index in [1.165, 1.54) is 11.8 Å². The van der Waals surface area contributed by atoms with Gasteiger partial charge in [-0.2, -0.15) is 0 Å². The normalized spacial score (nSPS) is 17.2. The second-order valence-electron chi connectivity index (χ2n) is 6.75. The fraction of sp³-hybridized carbons (Fsp3) is 0.474. The Labute approximate surface area is 168 Å². The summed E-state index contributed by atoms with van der Waals surface area (Å²) < 4.78 is 5.89. The van der Waals surface area contributed by atoms with E-state index in [1.807, 2.05) is 0 Å². The Morgan fingerprint density at radius 2 is 1.78 bits per heavy atom. The van der Waals surface area contributed by atoms with Crippen LogP contribution in [-0.2, 0) is 9.53 Å². The minimum Gasteiger partial charge on any atom is -0.463 e. The van der Waals surface area contributed by atoms with E-state index < -0.39 is 5.97 Å². The average Bonchev–Trinajstić information content (AvgIpc) is 2.92. The molecule has 27 heavy (non-hydrogen) atoms. The Hall–Kier alpha value is -1.93. The van der Waals surface area contributed by atoms with Gasteiger partial charge in [0.15, 0.2) is 0 Å². The second kappa shape index (κ2) is 8.84. The number of esters is 1. The number of amides is 2. The first-order valence-corrected chi connectivity index (χ1v) is 10.4.